The molecule has 0 aromatic carbocycles. The summed E-state index contributed by atoms with van der Waals surface area (Å²) in [7, 11) is 0. The second-order valence-corrected chi connectivity index (χ2v) is 8.37. The Morgan fingerprint density at radius 1 is 1.22 bits per heavy atom. The molecule has 2 aromatic heterocycles. The molecule has 1 amide bonds. The number of carbonyl (C=O) groups is 1. The zero-order valence-corrected chi connectivity index (χ0v) is 15.3. The van der Waals surface area contributed by atoms with Crippen LogP contribution >= 0.6 is 0 Å². The fourth-order valence-corrected chi connectivity index (χ4v) is 5.64. The molecule has 0 radical (unpaired) electrons. The Bertz CT molecular complexity index is 784. The number of carbonyl (C=O) groups excluding carboxylic acids is 1. The standard InChI is InChI=1S/C20H24N4O3/c25-18(19-23-17(24-27-19)16-2-1-3-21-12-16)22-4-5-26-20-9-13-6-14(10-20)8-15(7-13)11-20/h1-3,12-15H,4-11H2,(H,22,25). The van der Waals surface area contributed by atoms with Crippen molar-refractivity contribution in [3.63, 3.8) is 0 Å². The van der Waals surface area contributed by atoms with Crippen LogP contribution < -0.4 is 5.32 Å². The van der Waals surface area contributed by atoms with Gasteiger partial charge in [-0.3, -0.25) is 9.78 Å². The zero-order chi connectivity index (χ0) is 18.3. The minimum absolute atomic E-state index is 0.0383. The van der Waals surface area contributed by atoms with E-state index in [0.29, 0.717) is 24.5 Å². The molecule has 4 bridgehead atoms. The third kappa shape index (κ3) is 3.36. The van der Waals surface area contributed by atoms with Gasteiger partial charge in [0.15, 0.2) is 0 Å². The Morgan fingerprint density at radius 2 is 1.96 bits per heavy atom. The van der Waals surface area contributed by atoms with Gasteiger partial charge in [0.05, 0.1) is 12.2 Å². The second kappa shape index (κ2) is 6.71. The normalized spacial score (nSPS) is 31.2. The van der Waals surface area contributed by atoms with Gasteiger partial charge in [0.1, 0.15) is 0 Å². The molecule has 142 valence electrons. The van der Waals surface area contributed by atoms with Crippen LogP contribution in [0.3, 0.4) is 0 Å². The first kappa shape index (κ1) is 16.9. The number of pyridine rings is 1. The highest BCUT2D eigenvalue weighted by Crippen LogP contribution is 2.57. The minimum atomic E-state index is -0.369. The molecule has 0 saturated heterocycles. The van der Waals surface area contributed by atoms with E-state index in [9.17, 15) is 4.79 Å². The highest BCUT2D eigenvalue weighted by atomic mass is 16.5. The molecule has 1 N–H and O–H groups in total. The molecule has 2 aromatic rings. The van der Waals surface area contributed by atoms with Crippen molar-refractivity contribution in [3.8, 4) is 11.4 Å². The van der Waals surface area contributed by atoms with Crippen LogP contribution in [0.1, 0.15) is 49.2 Å². The summed E-state index contributed by atoms with van der Waals surface area (Å²) >= 11 is 0. The van der Waals surface area contributed by atoms with Crippen LogP contribution in [0, 0.1) is 17.8 Å². The molecule has 4 saturated carbocycles. The van der Waals surface area contributed by atoms with Crippen molar-refractivity contribution >= 4 is 5.91 Å². The molecule has 7 heteroatoms. The van der Waals surface area contributed by atoms with Gasteiger partial charge in [-0.1, -0.05) is 5.16 Å². The first-order chi connectivity index (χ1) is 13.2. The number of amides is 1. The van der Waals surface area contributed by atoms with Crippen LogP contribution in [0.5, 0.6) is 0 Å². The zero-order valence-electron chi connectivity index (χ0n) is 15.3. The monoisotopic (exact) mass is 368 g/mol. The van der Waals surface area contributed by atoms with Gasteiger partial charge in [-0.25, -0.2) is 0 Å². The predicted molar refractivity (Wildman–Crippen MR) is 96.7 cm³/mol. The van der Waals surface area contributed by atoms with Gasteiger partial charge in [-0.15, -0.1) is 0 Å². The molecule has 4 aliphatic rings. The van der Waals surface area contributed by atoms with E-state index in [1.165, 1.54) is 38.5 Å². The van der Waals surface area contributed by atoms with Gasteiger partial charge >= 0.3 is 11.8 Å². The maximum Gasteiger partial charge on any atom is 0.316 e. The summed E-state index contributed by atoms with van der Waals surface area (Å²) in [6.45, 7) is 0.979. The van der Waals surface area contributed by atoms with E-state index in [4.69, 9.17) is 9.26 Å². The van der Waals surface area contributed by atoms with Crippen LogP contribution in [0.15, 0.2) is 29.0 Å². The molecular weight excluding hydrogens is 344 g/mol. The Morgan fingerprint density at radius 3 is 2.63 bits per heavy atom. The van der Waals surface area contributed by atoms with Gasteiger partial charge in [0.2, 0.25) is 5.82 Å². The van der Waals surface area contributed by atoms with Crippen LogP contribution in [0.2, 0.25) is 0 Å². The van der Waals surface area contributed by atoms with Crippen molar-refractivity contribution in [2.45, 2.75) is 44.1 Å². The minimum Gasteiger partial charge on any atom is -0.373 e. The van der Waals surface area contributed by atoms with Gasteiger partial charge in [0.25, 0.3) is 0 Å². The summed E-state index contributed by atoms with van der Waals surface area (Å²) in [4.78, 5) is 20.4. The average Bonchev–Trinajstić information content (AvgIpc) is 3.15. The molecule has 2 heterocycles. The van der Waals surface area contributed by atoms with Crippen molar-refractivity contribution in [2.24, 2.45) is 17.8 Å². The van der Waals surface area contributed by atoms with Crippen LogP contribution in [0.4, 0.5) is 0 Å². The van der Waals surface area contributed by atoms with E-state index in [1.54, 1.807) is 18.5 Å². The predicted octanol–water partition coefficient (Wildman–Crippen LogP) is 2.85. The topological polar surface area (TPSA) is 90.1 Å². The molecule has 4 aliphatic carbocycles. The smallest absolute Gasteiger partial charge is 0.316 e. The summed E-state index contributed by atoms with van der Waals surface area (Å²) in [6.07, 6.45) is 11.1. The van der Waals surface area contributed by atoms with E-state index < -0.39 is 0 Å². The third-order valence-electron chi connectivity index (χ3n) is 6.32. The van der Waals surface area contributed by atoms with Gasteiger partial charge < -0.3 is 14.6 Å². The highest BCUT2D eigenvalue weighted by molar-refractivity contribution is 5.89. The average molecular weight is 368 g/mol. The molecule has 0 aliphatic heterocycles. The number of hydrogen-bond acceptors (Lipinski definition) is 6. The Hall–Kier alpha value is -2.28. The van der Waals surface area contributed by atoms with Crippen LogP contribution in [-0.4, -0.2) is 39.8 Å². The lowest BCUT2D eigenvalue weighted by Crippen LogP contribution is -2.52. The molecule has 0 atom stereocenters. The molecule has 6 rings (SSSR count). The maximum absolute atomic E-state index is 12.2. The Labute approximate surface area is 157 Å². The first-order valence-electron chi connectivity index (χ1n) is 9.85. The van der Waals surface area contributed by atoms with Crippen molar-refractivity contribution in [2.75, 3.05) is 13.2 Å². The molecular formula is C20H24N4O3. The van der Waals surface area contributed by atoms with Crippen molar-refractivity contribution < 1.29 is 14.1 Å². The quantitative estimate of drug-likeness (QED) is 0.789. The third-order valence-corrected chi connectivity index (χ3v) is 6.32. The fourth-order valence-electron chi connectivity index (χ4n) is 5.64. The van der Waals surface area contributed by atoms with E-state index in [1.807, 2.05) is 6.07 Å². The van der Waals surface area contributed by atoms with E-state index >= 15 is 0 Å². The Kier molecular flexibility index (Phi) is 4.19. The number of ether oxygens (including phenoxy) is 1. The van der Waals surface area contributed by atoms with Gasteiger partial charge in [-0.2, -0.15) is 4.98 Å². The SMILES string of the molecule is O=C(NCCOC12CC3CC(CC(C3)C1)C2)c1nc(-c2cccnc2)no1. The fraction of sp³-hybridized carbons (Fsp3) is 0.600. The summed E-state index contributed by atoms with van der Waals surface area (Å²) in [5.41, 5.74) is 0.780. The number of hydrogen-bond donors (Lipinski definition) is 1. The first-order valence-corrected chi connectivity index (χ1v) is 9.85. The largest absolute Gasteiger partial charge is 0.373 e. The number of nitrogens with zero attached hydrogens (tertiary/aromatic N) is 3. The lowest BCUT2D eigenvalue weighted by Gasteiger charge is -2.56. The number of nitrogens with one attached hydrogen (secondary N) is 1. The molecule has 27 heavy (non-hydrogen) atoms. The maximum atomic E-state index is 12.2. The van der Waals surface area contributed by atoms with E-state index in [0.717, 1.165) is 17.8 Å². The van der Waals surface area contributed by atoms with Crippen LogP contribution in [-0.2, 0) is 4.74 Å². The molecule has 0 unspecified atom stereocenters. The summed E-state index contributed by atoms with van der Waals surface area (Å²) < 4.78 is 11.4. The lowest BCUT2D eigenvalue weighted by atomic mass is 9.54. The summed E-state index contributed by atoms with van der Waals surface area (Å²) in [5.74, 6) is 2.52. The molecule has 0 spiro atoms. The summed E-state index contributed by atoms with van der Waals surface area (Å²) in [5, 5.41) is 6.66. The number of rotatable bonds is 6. The second-order valence-electron chi connectivity index (χ2n) is 8.37. The van der Waals surface area contributed by atoms with E-state index in [-0.39, 0.29) is 17.4 Å². The summed E-state index contributed by atoms with van der Waals surface area (Å²) in [6, 6.07) is 3.60. The number of aromatic nitrogens is 3. The van der Waals surface area contributed by atoms with Crippen molar-refractivity contribution in [1.29, 1.82) is 0 Å². The Balaban J connectivity index is 1.13. The lowest BCUT2D eigenvalue weighted by molar-refractivity contribution is -0.161. The van der Waals surface area contributed by atoms with Crippen molar-refractivity contribution in [1.82, 2.24) is 20.4 Å². The van der Waals surface area contributed by atoms with Crippen LogP contribution in [0.25, 0.3) is 11.4 Å². The molecule has 7 nitrogen and oxygen atoms in total. The van der Waals surface area contributed by atoms with E-state index in [2.05, 4.69) is 20.4 Å². The van der Waals surface area contributed by atoms with Crippen molar-refractivity contribution in [3.05, 3.63) is 30.4 Å². The van der Waals surface area contributed by atoms with Gasteiger partial charge in [0, 0.05) is 24.5 Å². The van der Waals surface area contributed by atoms with Gasteiger partial charge in [-0.05, 0) is 68.4 Å². The highest BCUT2D eigenvalue weighted by Gasteiger charge is 2.51. The molecule has 4 fully saturated rings.